The van der Waals surface area contributed by atoms with Gasteiger partial charge < -0.3 is 29.9 Å². The number of ketones is 1. The van der Waals surface area contributed by atoms with E-state index in [1.165, 1.54) is 0 Å². The molecule has 6 aliphatic rings. The van der Waals surface area contributed by atoms with Gasteiger partial charge in [-0.05, 0) is 62.9 Å². The van der Waals surface area contributed by atoms with Gasteiger partial charge in [-0.2, -0.15) is 0 Å². The van der Waals surface area contributed by atoms with Gasteiger partial charge in [-0.25, -0.2) is 0 Å². The third kappa shape index (κ3) is 2.67. The Kier molecular flexibility index (Phi) is 4.81. The van der Waals surface area contributed by atoms with Gasteiger partial charge in [0.05, 0.1) is 12.2 Å². The fraction of sp³-hybridized carbons (Fsp3) is 0.857. The fourth-order valence-electron chi connectivity index (χ4n) is 6.69. The van der Waals surface area contributed by atoms with Crippen LogP contribution in [0.4, 0.5) is 0 Å². The highest BCUT2D eigenvalue weighted by molar-refractivity contribution is 5.96. The van der Waals surface area contributed by atoms with Crippen LogP contribution in [0.15, 0.2) is 11.6 Å². The van der Waals surface area contributed by atoms with Crippen LogP contribution in [0.1, 0.15) is 40.5 Å². The molecule has 10 unspecified atom stereocenters. The maximum atomic E-state index is 12.7. The average molecular weight is 396 g/mol. The van der Waals surface area contributed by atoms with Gasteiger partial charge in [0.2, 0.25) is 0 Å². The zero-order chi connectivity index (χ0) is 20.6. The molecule has 0 amide bonds. The Balaban J connectivity index is 1.55. The number of ether oxygens (including phenoxy) is 2. The van der Waals surface area contributed by atoms with E-state index < -0.39 is 42.9 Å². The molecule has 4 N–H and O–H groups in total. The largest absolute Gasteiger partial charge is 0.394 e. The van der Waals surface area contributed by atoms with Crippen LogP contribution in [-0.4, -0.2) is 69.1 Å². The Hall–Kier alpha value is -0.830. The van der Waals surface area contributed by atoms with E-state index >= 15 is 0 Å². The van der Waals surface area contributed by atoms with E-state index in [1.54, 1.807) is 6.08 Å². The normalized spacial score (nSPS) is 50.8. The van der Waals surface area contributed by atoms with E-state index in [2.05, 4.69) is 6.92 Å². The number of rotatable bonds is 4. The van der Waals surface area contributed by atoms with Gasteiger partial charge in [-0.3, -0.25) is 4.79 Å². The lowest BCUT2D eigenvalue weighted by Gasteiger charge is -2.70. The number of fused-ring (bicyclic) bond motifs is 3. The zero-order valence-corrected chi connectivity index (χ0v) is 16.9. The molecular weight excluding hydrogens is 364 g/mol. The molecule has 4 bridgehead atoms. The molecule has 4 fully saturated rings. The highest BCUT2D eigenvalue weighted by Gasteiger charge is 2.70. The minimum absolute atomic E-state index is 0.0117. The van der Waals surface area contributed by atoms with Crippen LogP contribution in [0.2, 0.25) is 0 Å². The summed E-state index contributed by atoms with van der Waals surface area (Å²) in [5, 5.41) is 39.8. The van der Waals surface area contributed by atoms with Gasteiger partial charge in [-0.1, -0.05) is 12.5 Å². The molecule has 0 radical (unpaired) electrons. The van der Waals surface area contributed by atoms with Crippen molar-refractivity contribution < 1.29 is 34.7 Å². The zero-order valence-electron chi connectivity index (χ0n) is 16.9. The molecule has 0 aromatic heterocycles. The first-order valence-corrected chi connectivity index (χ1v) is 10.2. The van der Waals surface area contributed by atoms with Crippen LogP contribution in [0.3, 0.4) is 0 Å². The molecule has 6 rings (SSSR count). The van der Waals surface area contributed by atoms with Crippen LogP contribution in [0, 0.1) is 29.1 Å². The van der Waals surface area contributed by atoms with Crippen molar-refractivity contribution in [1.82, 2.24) is 0 Å². The summed E-state index contributed by atoms with van der Waals surface area (Å²) >= 11 is 0. The summed E-state index contributed by atoms with van der Waals surface area (Å²) in [5.41, 5.74) is 0.471. The van der Waals surface area contributed by atoms with Gasteiger partial charge in [0.25, 0.3) is 0 Å². The van der Waals surface area contributed by atoms with Crippen molar-refractivity contribution in [1.29, 1.82) is 0 Å². The predicted molar refractivity (Wildman–Crippen MR) is 99.0 cm³/mol. The fourth-order valence-corrected chi connectivity index (χ4v) is 6.69. The van der Waals surface area contributed by atoms with E-state index in [4.69, 9.17) is 9.47 Å². The molecule has 28 heavy (non-hydrogen) atoms. The summed E-state index contributed by atoms with van der Waals surface area (Å²) in [7, 11) is 0. The Bertz CT molecular complexity index is 686. The lowest BCUT2D eigenvalue weighted by molar-refractivity contribution is -0.338. The van der Waals surface area contributed by atoms with Gasteiger partial charge in [-0.15, -0.1) is 0 Å². The summed E-state index contributed by atoms with van der Waals surface area (Å²) in [5.74, 6) is 0.894. The van der Waals surface area contributed by atoms with Crippen LogP contribution in [0.25, 0.3) is 0 Å². The van der Waals surface area contributed by atoms with Gasteiger partial charge in [0.15, 0.2) is 12.1 Å². The number of carbonyl (C=O) groups is 1. The van der Waals surface area contributed by atoms with Crippen molar-refractivity contribution >= 4 is 5.78 Å². The van der Waals surface area contributed by atoms with Crippen molar-refractivity contribution in [2.75, 3.05) is 6.61 Å². The maximum Gasteiger partial charge on any atom is 0.187 e. The van der Waals surface area contributed by atoms with Gasteiger partial charge >= 0.3 is 0 Å². The Labute approximate surface area is 165 Å². The Morgan fingerprint density at radius 1 is 1.21 bits per heavy atom. The van der Waals surface area contributed by atoms with E-state index in [0.717, 1.165) is 18.4 Å². The SMILES string of the molecule is CC1=CC(=O)C2C3C(C(C)(C)OC4OC(CO)C(O)C(O)C4O)CCC2(C)C13. The first-order valence-electron chi connectivity index (χ1n) is 10.2. The third-order valence-electron chi connectivity index (χ3n) is 7.98. The quantitative estimate of drug-likeness (QED) is 0.543. The molecule has 158 valence electrons. The van der Waals surface area contributed by atoms with Crippen LogP contribution < -0.4 is 0 Å². The molecule has 0 spiro atoms. The van der Waals surface area contributed by atoms with Crippen LogP contribution in [-0.2, 0) is 14.3 Å². The second-order valence-electron chi connectivity index (χ2n) is 9.89. The molecule has 7 nitrogen and oxygen atoms in total. The Morgan fingerprint density at radius 2 is 1.89 bits per heavy atom. The predicted octanol–water partition coefficient (Wildman–Crippen LogP) is 0.389. The molecule has 5 aliphatic carbocycles. The molecule has 1 saturated heterocycles. The number of allylic oxidation sites excluding steroid dienone is 2. The number of carbonyl (C=O) groups excluding carboxylic acids is 1. The minimum atomic E-state index is -1.46. The monoisotopic (exact) mass is 396 g/mol. The summed E-state index contributed by atoms with van der Waals surface area (Å²) in [4.78, 5) is 12.7. The molecule has 0 aromatic carbocycles. The van der Waals surface area contributed by atoms with Crippen LogP contribution in [0.5, 0.6) is 0 Å². The van der Waals surface area contributed by atoms with Crippen molar-refractivity contribution in [2.24, 2.45) is 29.1 Å². The molecule has 10 atom stereocenters. The van der Waals surface area contributed by atoms with Crippen molar-refractivity contribution in [3.63, 3.8) is 0 Å². The second-order valence-corrected chi connectivity index (χ2v) is 9.89. The molecule has 3 saturated carbocycles. The molecule has 7 heteroatoms. The van der Waals surface area contributed by atoms with Gasteiger partial charge in [0, 0.05) is 5.92 Å². The molecular formula is C21H32O7. The standard InChI is InChI=1S/C21H32O7/c1-9-7-11(23)15-13-10(5-6-21(15,4)14(9)13)20(2,3)28-19-18(26)17(25)16(24)12(8-22)27-19/h7,10,12-19,22,24-26H,5-6,8H2,1-4H3. The number of hydrogen-bond donors (Lipinski definition) is 4. The van der Waals surface area contributed by atoms with Crippen molar-refractivity contribution in [3.05, 3.63) is 11.6 Å². The topological polar surface area (TPSA) is 116 Å². The minimum Gasteiger partial charge on any atom is -0.394 e. The third-order valence-corrected chi connectivity index (χ3v) is 7.98. The first kappa shape index (κ1) is 20.4. The smallest absolute Gasteiger partial charge is 0.187 e. The number of hydrogen-bond acceptors (Lipinski definition) is 7. The lowest BCUT2D eigenvalue weighted by Crippen LogP contribution is -2.69. The van der Waals surface area contributed by atoms with Crippen molar-refractivity contribution in [3.8, 4) is 0 Å². The second kappa shape index (κ2) is 6.59. The van der Waals surface area contributed by atoms with E-state index in [0.29, 0.717) is 5.92 Å². The summed E-state index contributed by atoms with van der Waals surface area (Å²) < 4.78 is 11.7. The summed E-state index contributed by atoms with van der Waals surface area (Å²) in [6.45, 7) is 7.63. The Morgan fingerprint density at radius 3 is 2.50 bits per heavy atom. The molecule has 1 aliphatic heterocycles. The highest BCUT2D eigenvalue weighted by atomic mass is 16.7. The van der Waals surface area contributed by atoms with E-state index in [-0.39, 0.29) is 29.0 Å². The van der Waals surface area contributed by atoms with Gasteiger partial charge in [0.1, 0.15) is 24.4 Å². The average Bonchev–Trinajstić information content (AvgIpc) is 2.61. The first-order chi connectivity index (χ1) is 13.0. The van der Waals surface area contributed by atoms with E-state index in [1.807, 2.05) is 20.8 Å². The van der Waals surface area contributed by atoms with E-state index in [9.17, 15) is 25.2 Å². The highest BCUT2D eigenvalue weighted by Crippen LogP contribution is 2.71. The molecule has 1 heterocycles. The lowest BCUT2D eigenvalue weighted by atomic mass is 9.34. The maximum absolute atomic E-state index is 12.7. The summed E-state index contributed by atoms with van der Waals surface area (Å²) in [6, 6.07) is 0. The number of aliphatic hydroxyl groups excluding tert-OH is 4. The van der Waals surface area contributed by atoms with Crippen molar-refractivity contribution in [2.45, 2.75) is 76.8 Å². The number of aliphatic hydroxyl groups is 4. The summed E-state index contributed by atoms with van der Waals surface area (Å²) in [6.07, 6.45) is -2.79. The molecule has 0 aromatic rings. The van der Waals surface area contributed by atoms with Crippen LogP contribution >= 0.6 is 0 Å².